The van der Waals surface area contributed by atoms with E-state index in [1.807, 2.05) is 0 Å². The highest BCUT2D eigenvalue weighted by molar-refractivity contribution is 5.06. The molecule has 0 atom stereocenters. The summed E-state index contributed by atoms with van der Waals surface area (Å²) in [5, 5.41) is 3.59. The van der Waals surface area contributed by atoms with Crippen LogP contribution in [-0.2, 0) is 0 Å². The van der Waals surface area contributed by atoms with Gasteiger partial charge < -0.3 is 11.1 Å². The van der Waals surface area contributed by atoms with Crippen LogP contribution in [0, 0.1) is 11.3 Å². The van der Waals surface area contributed by atoms with E-state index >= 15 is 0 Å². The van der Waals surface area contributed by atoms with Crippen molar-refractivity contribution in [2.24, 2.45) is 17.1 Å². The number of nitrogens with one attached hydrogen (secondary N) is 1. The standard InChI is InChI=1S/C11H20N2/c12-11(5-6-11)8-13-7-10(3-4-10)9-1-2-9/h9,13H,1-8,12H2. The van der Waals surface area contributed by atoms with Crippen LogP contribution in [-0.4, -0.2) is 18.6 Å². The molecule has 0 saturated heterocycles. The number of hydrogen-bond acceptors (Lipinski definition) is 2. The van der Waals surface area contributed by atoms with Gasteiger partial charge in [-0.2, -0.15) is 0 Å². The molecule has 0 unspecified atom stereocenters. The molecule has 74 valence electrons. The molecule has 13 heavy (non-hydrogen) atoms. The molecule has 0 radical (unpaired) electrons. The SMILES string of the molecule is NC1(CNCC2(C3CC3)CC2)CC1. The maximum Gasteiger partial charge on any atom is 0.0282 e. The van der Waals surface area contributed by atoms with E-state index in [-0.39, 0.29) is 5.54 Å². The van der Waals surface area contributed by atoms with Gasteiger partial charge >= 0.3 is 0 Å². The average molecular weight is 180 g/mol. The molecule has 2 heteroatoms. The number of hydrogen-bond donors (Lipinski definition) is 2. The molecule has 0 bridgehead atoms. The summed E-state index contributed by atoms with van der Waals surface area (Å²) in [6.45, 7) is 2.30. The Labute approximate surface area is 80.3 Å². The average Bonchev–Trinajstić information content (AvgIpc) is 2.93. The van der Waals surface area contributed by atoms with Crippen molar-refractivity contribution in [2.45, 2.75) is 44.1 Å². The van der Waals surface area contributed by atoms with Crippen LogP contribution >= 0.6 is 0 Å². The Morgan fingerprint density at radius 3 is 2.23 bits per heavy atom. The third-order valence-corrected chi connectivity index (χ3v) is 4.18. The van der Waals surface area contributed by atoms with Crippen LogP contribution in [0.15, 0.2) is 0 Å². The van der Waals surface area contributed by atoms with Crippen molar-refractivity contribution in [1.82, 2.24) is 5.32 Å². The van der Waals surface area contributed by atoms with E-state index in [1.54, 1.807) is 0 Å². The van der Waals surface area contributed by atoms with E-state index in [0.29, 0.717) is 0 Å². The fraction of sp³-hybridized carbons (Fsp3) is 1.00. The second-order valence-electron chi connectivity index (χ2n) is 5.60. The zero-order valence-electron chi connectivity index (χ0n) is 8.31. The Bertz CT molecular complexity index is 212. The molecule has 3 aliphatic carbocycles. The third-order valence-electron chi connectivity index (χ3n) is 4.18. The largest absolute Gasteiger partial charge is 0.324 e. The van der Waals surface area contributed by atoms with Crippen molar-refractivity contribution in [3.05, 3.63) is 0 Å². The minimum atomic E-state index is 0.194. The summed E-state index contributed by atoms with van der Waals surface area (Å²) in [5.41, 5.74) is 6.96. The van der Waals surface area contributed by atoms with Gasteiger partial charge in [0, 0.05) is 18.6 Å². The topological polar surface area (TPSA) is 38.0 Å². The molecule has 0 aliphatic heterocycles. The first-order valence-corrected chi connectivity index (χ1v) is 5.72. The molecule has 3 rings (SSSR count). The van der Waals surface area contributed by atoms with E-state index in [2.05, 4.69) is 5.32 Å². The molecular weight excluding hydrogens is 160 g/mol. The lowest BCUT2D eigenvalue weighted by Gasteiger charge is -2.17. The second kappa shape index (κ2) is 2.48. The number of nitrogens with two attached hydrogens (primary N) is 1. The molecule has 0 heterocycles. The quantitative estimate of drug-likeness (QED) is 0.668. The Morgan fingerprint density at radius 1 is 1.08 bits per heavy atom. The zero-order valence-corrected chi connectivity index (χ0v) is 8.31. The lowest BCUT2D eigenvalue weighted by molar-refractivity contribution is 0.393. The van der Waals surface area contributed by atoms with Gasteiger partial charge in [0.1, 0.15) is 0 Å². The fourth-order valence-corrected chi connectivity index (χ4v) is 2.48. The van der Waals surface area contributed by atoms with Crippen LogP contribution in [0.1, 0.15) is 38.5 Å². The summed E-state index contributed by atoms with van der Waals surface area (Å²) in [4.78, 5) is 0. The van der Waals surface area contributed by atoms with Gasteiger partial charge in [-0.25, -0.2) is 0 Å². The Hall–Kier alpha value is -0.0800. The minimum Gasteiger partial charge on any atom is -0.324 e. The molecule has 0 aromatic rings. The molecule has 3 fully saturated rings. The maximum atomic E-state index is 6.03. The van der Waals surface area contributed by atoms with Crippen LogP contribution in [0.5, 0.6) is 0 Å². The summed E-state index contributed by atoms with van der Waals surface area (Å²) in [6.07, 6.45) is 8.40. The lowest BCUT2D eigenvalue weighted by Crippen LogP contribution is -2.38. The fourth-order valence-electron chi connectivity index (χ4n) is 2.48. The van der Waals surface area contributed by atoms with E-state index < -0.39 is 0 Å². The minimum absolute atomic E-state index is 0.194. The predicted molar refractivity (Wildman–Crippen MR) is 53.4 cm³/mol. The summed E-state index contributed by atoms with van der Waals surface area (Å²) in [5.74, 6) is 1.08. The van der Waals surface area contributed by atoms with Crippen molar-refractivity contribution < 1.29 is 0 Å². The molecule has 0 aromatic carbocycles. The van der Waals surface area contributed by atoms with E-state index in [0.717, 1.165) is 17.9 Å². The van der Waals surface area contributed by atoms with Crippen molar-refractivity contribution in [2.75, 3.05) is 13.1 Å². The highest BCUT2D eigenvalue weighted by Crippen LogP contribution is 2.60. The van der Waals surface area contributed by atoms with Gasteiger partial charge in [0.25, 0.3) is 0 Å². The molecule has 3 aliphatic rings. The van der Waals surface area contributed by atoms with Gasteiger partial charge in [0.2, 0.25) is 0 Å². The zero-order chi connectivity index (χ0) is 8.94. The first kappa shape index (κ1) is 8.25. The Balaban J connectivity index is 1.42. The second-order valence-corrected chi connectivity index (χ2v) is 5.60. The third kappa shape index (κ3) is 1.62. The molecule has 3 saturated carbocycles. The van der Waals surface area contributed by atoms with Gasteiger partial charge in [-0.15, -0.1) is 0 Å². The summed E-state index contributed by atoms with van der Waals surface area (Å²) < 4.78 is 0. The van der Waals surface area contributed by atoms with Crippen LogP contribution in [0.25, 0.3) is 0 Å². The monoisotopic (exact) mass is 180 g/mol. The van der Waals surface area contributed by atoms with Crippen molar-refractivity contribution in [3.8, 4) is 0 Å². The van der Waals surface area contributed by atoms with Crippen LogP contribution < -0.4 is 11.1 Å². The van der Waals surface area contributed by atoms with Crippen molar-refractivity contribution in [3.63, 3.8) is 0 Å². The van der Waals surface area contributed by atoms with Gasteiger partial charge in [-0.05, 0) is 49.9 Å². The first-order chi connectivity index (χ1) is 6.23. The van der Waals surface area contributed by atoms with Crippen LogP contribution in [0.2, 0.25) is 0 Å². The highest BCUT2D eigenvalue weighted by atomic mass is 15.0. The predicted octanol–water partition coefficient (Wildman–Crippen LogP) is 1.26. The molecular formula is C11H20N2. The number of rotatable bonds is 5. The van der Waals surface area contributed by atoms with E-state index in [9.17, 15) is 0 Å². The normalized spacial score (nSPS) is 33.0. The Kier molecular flexibility index (Phi) is 1.58. The summed E-state index contributed by atoms with van der Waals surface area (Å²) >= 11 is 0. The maximum absolute atomic E-state index is 6.03. The molecule has 3 N–H and O–H groups in total. The van der Waals surface area contributed by atoms with Crippen molar-refractivity contribution in [1.29, 1.82) is 0 Å². The van der Waals surface area contributed by atoms with Crippen molar-refractivity contribution >= 4 is 0 Å². The first-order valence-electron chi connectivity index (χ1n) is 5.72. The van der Waals surface area contributed by atoms with Gasteiger partial charge in [-0.3, -0.25) is 0 Å². The molecule has 2 nitrogen and oxygen atoms in total. The summed E-state index contributed by atoms with van der Waals surface area (Å²) in [6, 6.07) is 0. The molecule has 0 aromatic heterocycles. The van der Waals surface area contributed by atoms with E-state index in [1.165, 1.54) is 45.1 Å². The molecule has 0 amide bonds. The molecule has 0 spiro atoms. The Morgan fingerprint density at radius 2 is 1.77 bits per heavy atom. The van der Waals surface area contributed by atoms with Crippen LogP contribution in [0.4, 0.5) is 0 Å². The smallest absolute Gasteiger partial charge is 0.0282 e. The van der Waals surface area contributed by atoms with Gasteiger partial charge in [-0.1, -0.05) is 0 Å². The van der Waals surface area contributed by atoms with Gasteiger partial charge in [0.15, 0.2) is 0 Å². The lowest BCUT2D eigenvalue weighted by atomic mass is 10.0. The van der Waals surface area contributed by atoms with Gasteiger partial charge in [0.05, 0.1) is 0 Å². The highest BCUT2D eigenvalue weighted by Gasteiger charge is 2.53. The summed E-state index contributed by atoms with van der Waals surface area (Å²) in [7, 11) is 0. The van der Waals surface area contributed by atoms with Crippen LogP contribution in [0.3, 0.4) is 0 Å². The van der Waals surface area contributed by atoms with E-state index in [4.69, 9.17) is 5.73 Å².